The van der Waals surface area contributed by atoms with Crippen LogP contribution in [0.25, 0.3) is 0 Å². The molecule has 0 saturated carbocycles. The van der Waals surface area contributed by atoms with E-state index in [1.165, 1.54) is 0 Å². The molecule has 0 aromatic heterocycles. The Labute approximate surface area is 83.1 Å². The average Bonchev–Trinajstić information content (AvgIpc) is 2.18. The minimum atomic E-state index is -0.845. The van der Waals surface area contributed by atoms with E-state index in [1.807, 2.05) is 30.3 Å². The highest BCUT2D eigenvalue weighted by atomic mass is 16.4. The third-order valence-corrected chi connectivity index (χ3v) is 2.06. The van der Waals surface area contributed by atoms with Crippen molar-refractivity contribution in [3.8, 4) is 0 Å². The van der Waals surface area contributed by atoms with E-state index in [0.717, 1.165) is 5.69 Å². The highest BCUT2D eigenvalue weighted by Crippen LogP contribution is 2.12. The molecule has 1 aromatic carbocycles. The monoisotopic (exact) mass is 191 g/mol. The number of nitrogens with zero attached hydrogens (tertiary/aromatic N) is 1. The van der Waals surface area contributed by atoms with Crippen molar-refractivity contribution in [3.63, 3.8) is 0 Å². The van der Waals surface area contributed by atoms with Gasteiger partial charge in [-0.25, -0.2) is 0 Å². The molecule has 0 radical (unpaired) electrons. The van der Waals surface area contributed by atoms with E-state index >= 15 is 0 Å². The molecule has 74 valence electrons. The van der Waals surface area contributed by atoms with Gasteiger partial charge in [0.1, 0.15) is 0 Å². The summed E-state index contributed by atoms with van der Waals surface area (Å²) in [5, 5.41) is 8.75. The zero-order valence-electron chi connectivity index (χ0n) is 8.27. The smallest absolute Gasteiger partial charge is 0.311 e. The summed E-state index contributed by atoms with van der Waals surface area (Å²) in [6.07, 6.45) is 0. The maximum atomic E-state index is 10.7. The highest BCUT2D eigenvalue weighted by molar-refractivity contribution is 6.00. The molecule has 0 amide bonds. The number of aliphatic carboxylic acids is 1. The molecule has 1 rings (SSSR count). The number of hydrogen-bond donors (Lipinski definition) is 1. The normalized spacial score (nSPS) is 13.7. The van der Waals surface area contributed by atoms with Crippen LogP contribution in [0.3, 0.4) is 0 Å². The summed E-state index contributed by atoms with van der Waals surface area (Å²) in [7, 11) is 0. The third-order valence-electron chi connectivity index (χ3n) is 2.06. The molecule has 1 N–H and O–H groups in total. The molecular formula is C11H13NO2. The largest absolute Gasteiger partial charge is 0.481 e. The zero-order chi connectivity index (χ0) is 10.6. The minimum Gasteiger partial charge on any atom is -0.481 e. The molecule has 0 aliphatic heterocycles. The van der Waals surface area contributed by atoms with Gasteiger partial charge in [-0.05, 0) is 26.0 Å². The highest BCUT2D eigenvalue weighted by Gasteiger charge is 2.13. The van der Waals surface area contributed by atoms with Gasteiger partial charge in [0, 0.05) is 5.71 Å². The molecule has 0 aliphatic rings. The van der Waals surface area contributed by atoms with E-state index in [1.54, 1.807) is 13.8 Å². The molecule has 3 nitrogen and oxygen atoms in total. The molecule has 1 aromatic rings. The van der Waals surface area contributed by atoms with Crippen molar-refractivity contribution in [2.75, 3.05) is 0 Å². The van der Waals surface area contributed by atoms with Gasteiger partial charge in [-0.1, -0.05) is 18.2 Å². The first kappa shape index (κ1) is 10.4. The Hall–Kier alpha value is -1.64. The number of benzene rings is 1. The number of hydrogen-bond acceptors (Lipinski definition) is 2. The van der Waals surface area contributed by atoms with Crippen LogP contribution >= 0.6 is 0 Å². The molecule has 0 aliphatic carbocycles. The van der Waals surface area contributed by atoms with Gasteiger partial charge in [0.2, 0.25) is 0 Å². The molecule has 0 spiro atoms. The second kappa shape index (κ2) is 4.56. The van der Waals surface area contributed by atoms with Crippen LogP contribution in [0.2, 0.25) is 0 Å². The first-order chi connectivity index (χ1) is 6.61. The summed E-state index contributed by atoms with van der Waals surface area (Å²) in [4.78, 5) is 14.9. The predicted octanol–water partition coefficient (Wildman–Crippen LogP) is 2.50. The van der Waals surface area contributed by atoms with Crippen LogP contribution in [0.1, 0.15) is 13.8 Å². The Morgan fingerprint density at radius 1 is 1.36 bits per heavy atom. The van der Waals surface area contributed by atoms with Crippen LogP contribution in [-0.2, 0) is 4.79 Å². The quantitative estimate of drug-likeness (QED) is 0.746. The lowest BCUT2D eigenvalue weighted by Crippen LogP contribution is -2.17. The summed E-state index contributed by atoms with van der Waals surface area (Å²) in [6, 6.07) is 9.33. The van der Waals surface area contributed by atoms with Gasteiger partial charge in [-0.2, -0.15) is 0 Å². The van der Waals surface area contributed by atoms with E-state index in [4.69, 9.17) is 5.11 Å². The summed E-state index contributed by atoms with van der Waals surface area (Å²) in [5.74, 6) is -1.38. The van der Waals surface area contributed by atoms with Gasteiger partial charge >= 0.3 is 5.97 Å². The molecule has 3 heteroatoms. The Morgan fingerprint density at radius 3 is 2.43 bits per heavy atom. The predicted molar refractivity (Wildman–Crippen MR) is 56.0 cm³/mol. The second-order valence-corrected chi connectivity index (χ2v) is 3.15. The van der Waals surface area contributed by atoms with Crippen LogP contribution < -0.4 is 0 Å². The van der Waals surface area contributed by atoms with Gasteiger partial charge in [0.05, 0.1) is 11.6 Å². The summed E-state index contributed by atoms with van der Waals surface area (Å²) < 4.78 is 0. The Kier molecular flexibility index (Phi) is 3.40. The van der Waals surface area contributed by atoms with Crippen LogP contribution in [0, 0.1) is 5.92 Å². The fourth-order valence-electron chi connectivity index (χ4n) is 0.982. The van der Waals surface area contributed by atoms with Crippen molar-refractivity contribution < 1.29 is 9.90 Å². The van der Waals surface area contributed by atoms with Crippen molar-refractivity contribution in [2.45, 2.75) is 13.8 Å². The fourth-order valence-corrected chi connectivity index (χ4v) is 0.982. The van der Waals surface area contributed by atoms with Crippen LogP contribution in [0.5, 0.6) is 0 Å². The fraction of sp³-hybridized carbons (Fsp3) is 0.273. The molecule has 0 fully saturated rings. The summed E-state index contributed by atoms with van der Waals surface area (Å²) in [6.45, 7) is 3.36. The number of para-hydroxylation sites is 1. The lowest BCUT2D eigenvalue weighted by atomic mass is 10.1. The number of carboxylic acid groups (broad SMARTS) is 1. The molecule has 1 unspecified atom stereocenters. The van der Waals surface area contributed by atoms with Crippen molar-refractivity contribution in [3.05, 3.63) is 30.3 Å². The zero-order valence-corrected chi connectivity index (χ0v) is 8.27. The van der Waals surface area contributed by atoms with Crippen LogP contribution in [0.4, 0.5) is 5.69 Å². The van der Waals surface area contributed by atoms with Gasteiger partial charge in [-0.15, -0.1) is 0 Å². The van der Waals surface area contributed by atoms with Gasteiger partial charge in [0.15, 0.2) is 0 Å². The van der Waals surface area contributed by atoms with Crippen molar-refractivity contribution in [1.82, 2.24) is 0 Å². The molecule has 1 atom stereocenters. The lowest BCUT2D eigenvalue weighted by Gasteiger charge is -2.04. The van der Waals surface area contributed by atoms with E-state index in [2.05, 4.69) is 4.99 Å². The van der Waals surface area contributed by atoms with Gasteiger partial charge < -0.3 is 5.11 Å². The number of carbonyl (C=O) groups is 1. The third kappa shape index (κ3) is 2.69. The molecule has 0 heterocycles. The number of aliphatic imine (C=N–C) groups is 1. The van der Waals surface area contributed by atoms with Crippen LogP contribution in [-0.4, -0.2) is 16.8 Å². The molecule has 14 heavy (non-hydrogen) atoms. The van der Waals surface area contributed by atoms with E-state index in [9.17, 15) is 4.79 Å². The van der Waals surface area contributed by atoms with E-state index in [0.29, 0.717) is 5.71 Å². The number of carboxylic acids is 1. The van der Waals surface area contributed by atoms with Gasteiger partial charge in [0.25, 0.3) is 0 Å². The first-order valence-corrected chi connectivity index (χ1v) is 4.44. The Morgan fingerprint density at radius 2 is 1.93 bits per heavy atom. The summed E-state index contributed by atoms with van der Waals surface area (Å²) >= 11 is 0. The van der Waals surface area contributed by atoms with E-state index < -0.39 is 11.9 Å². The van der Waals surface area contributed by atoms with Crippen molar-refractivity contribution in [1.29, 1.82) is 0 Å². The van der Waals surface area contributed by atoms with Crippen molar-refractivity contribution in [2.24, 2.45) is 10.9 Å². The Bertz CT molecular complexity index is 344. The Balaban J connectivity index is 2.84. The maximum absolute atomic E-state index is 10.7. The van der Waals surface area contributed by atoms with E-state index in [-0.39, 0.29) is 0 Å². The second-order valence-electron chi connectivity index (χ2n) is 3.15. The van der Waals surface area contributed by atoms with Crippen molar-refractivity contribution >= 4 is 17.4 Å². The van der Waals surface area contributed by atoms with Gasteiger partial charge in [-0.3, -0.25) is 9.79 Å². The average molecular weight is 191 g/mol. The lowest BCUT2D eigenvalue weighted by molar-refractivity contribution is -0.138. The standard InChI is InChI=1S/C11H13NO2/c1-8(11(13)14)9(2)12-10-6-4-3-5-7-10/h3-8H,1-2H3,(H,13,14)/b12-9-. The molecule has 0 bridgehead atoms. The first-order valence-electron chi connectivity index (χ1n) is 4.44. The maximum Gasteiger partial charge on any atom is 0.311 e. The van der Waals surface area contributed by atoms with Crippen LogP contribution in [0.15, 0.2) is 35.3 Å². The molecular weight excluding hydrogens is 178 g/mol. The number of rotatable bonds is 3. The topological polar surface area (TPSA) is 49.7 Å². The summed E-state index contributed by atoms with van der Waals surface area (Å²) in [5.41, 5.74) is 1.40. The molecule has 0 saturated heterocycles. The SMILES string of the molecule is C/C(=N/c1ccccc1)C(C)C(=O)O. The minimum absolute atomic E-state index is 0.532.